The average Bonchev–Trinajstić information content (AvgIpc) is 2.96. The Morgan fingerprint density at radius 1 is 1.29 bits per heavy atom. The van der Waals surface area contributed by atoms with E-state index in [0.717, 1.165) is 25.7 Å². The zero-order valence-corrected chi connectivity index (χ0v) is 14.4. The molecule has 0 radical (unpaired) electrons. The normalized spacial score (nSPS) is 15.9. The number of esters is 1. The number of aromatic nitrogens is 2. The summed E-state index contributed by atoms with van der Waals surface area (Å²) in [5, 5.41) is 10.7. The SMILES string of the molecule is CCOC(=O)C=C(C)Nc1nonc1N(C(C)=O)C1CCCCC1. The first kappa shape index (κ1) is 18.0. The van der Waals surface area contributed by atoms with Gasteiger partial charge in [0, 0.05) is 24.7 Å². The second-order valence-corrected chi connectivity index (χ2v) is 5.82. The predicted octanol–water partition coefficient (Wildman–Crippen LogP) is 2.63. The maximum absolute atomic E-state index is 12.1. The Bertz CT molecular complexity index is 605. The van der Waals surface area contributed by atoms with Crippen LogP contribution in [-0.4, -0.2) is 34.8 Å². The molecule has 0 unspecified atom stereocenters. The van der Waals surface area contributed by atoms with E-state index in [1.165, 1.54) is 19.4 Å². The molecule has 1 aromatic rings. The van der Waals surface area contributed by atoms with E-state index < -0.39 is 5.97 Å². The molecule has 2 rings (SSSR count). The molecule has 1 saturated carbocycles. The van der Waals surface area contributed by atoms with Crippen molar-refractivity contribution in [1.82, 2.24) is 10.3 Å². The van der Waals surface area contributed by atoms with Gasteiger partial charge in [-0.15, -0.1) is 0 Å². The Kier molecular flexibility index (Phi) is 6.34. The van der Waals surface area contributed by atoms with E-state index in [2.05, 4.69) is 15.6 Å². The van der Waals surface area contributed by atoms with E-state index in [-0.39, 0.29) is 11.9 Å². The number of amides is 1. The van der Waals surface area contributed by atoms with Crippen molar-refractivity contribution in [3.8, 4) is 0 Å². The van der Waals surface area contributed by atoms with Gasteiger partial charge in [0.05, 0.1) is 6.61 Å². The molecule has 1 fully saturated rings. The summed E-state index contributed by atoms with van der Waals surface area (Å²) in [4.78, 5) is 25.3. The summed E-state index contributed by atoms with van der Waals surface area (Å²) in [6, 6.07) is 0.0954. The van der Waals surface area contributed by atoms with Gasteiger partial charge in [-0.1, -0.05) is 19.3 Å². The topological polar surface area (TPSA) is 97.6 Å². The number of carbonyl (C=O) groups is 2. The lowest BCUT2D eigenvalue weighted by atomic mass is 9.94. The van der Waals surface area contributed by atoms with Gasteiger partial charge in [0.15, 0.2) is 0 Å². The van der Waals surface area contributed by atoms with Crippen LogP contribution in [0, 0.1) is 0 Å². The average molecular weight is 336 g/mol. The highest BCUT2D eigenvalue weighted by Gasteiger charge is 2.29. The van der Waals surface area contributed by atoms with Gasteiger partial charge in [-0.3, -0.25) is 9.69 Å². The second-order valence-electron chi connectivity index (χ2n) is 5.82. The Balaban J connectivity index is 2.17. The molecule has 8 nitrogen and oxygen atoms in total. The van der Waals surface area contributed by atoms with Crippen LogP contribution in [0.25, 0.3) is 0 Å². The van der Waals surface area contributed by atoms with E-state index in [4.69, 9.17) is 9.37 Å². The molecule has 1 aromatic heterocycles. The molecule has 8 heteroatoms. The van der Waals surface area contributed by atoms with Crippen molar-refractivity contribution in [3.63, 3.8) is 0 Å². The molecular weight excluding hydrogens is 312 g/mol. The fourth-order valence-electron chi connectivity index (χ4n) is 2.92. The molecule has 24 heavy (non-hydrogen) atoms. The lowest BCUT2D eigenvalue weighted by molar-refractivity contribution is -0.137. The van der Waals surface area contributed by atoms with Gasteiger partial charge >= 0.3 is 5.97 Å². The summed E-state index contributed by atoms with van der Waals surface area (Å²) in [5.41, 5.74) is 0.526. The molecule has 0 bridgehead atoms. The van der Waals surface area contributed by atoms with Crippen LogP contribution in [0.5, 0.6) is 0 Å². The number of anilines is 2. The van der Waals surface area contributed by atoms with Crippen LogP contribution in [0.15, 0.2) is 16.4 Å². The number of allylic oxidation sites excluding steroid dienone is 1. The maximum Gasteiger partial charge on any atom is 0.332 e. The van der Waals surface area contributed by atoms with E-state index in [9.17, 15) is 9.59 Å². The van der Waals surface area contributed by atoms with E-state index >= 15 is 0 Å². The monoisotopic (exact) mass is 336 g/mol. The van der Waals surface area contributed by atoms with Crippen molar-refractivity contribution in [1.29, 1.82) is 0 Å². The van der Waals surface area contributed by atoms with Crippen LogP contribution in [0.3, 0.4) is 0 Å². The highest BCUT2D eigenvalue weighted by Crippen LogP contribution is 2.30. The fourth-order valence-corrected chi connectivity index (χ4v) is 2.92. The zero-order chi connectivity index (χ0) is 17.5. The molecule has 1 heterocycles. The van der Waals surface area contributed by atoms with Gasteiger partial charge in [-0.25, -0.2) is 9.42 Å². The largest absolute Gasteiger partial charge is 0.463 e. The Labute approximate surface area is 141 Å². The first-order valence-electron chi connectivity index (χ1n) is 8.27. The van der Waals surface area contributed by atoms with Gasteiger partial charge in [-0.05, 0) is 37.0 Å². The number of nitrogens with one attached hydrogen (secondary N) is 1. The second kappa shape index (κ2) is 8.47. The number of hydrogen-bond donors (Lipinski definition) is 1. The van der Waals surface area contributed by atoms with Crippen LogP contribution in [-0.2, 0) is 14.3 Å². The number of rotatable bonds is 6. The highest BCUT2D eigenvalue weighted by atomic mass is 16.6. The Hall–Kier alpha value is -2.38. The molecular formula is C16H24N4O4. The Morgan fingerprint density at radius 3 is 2.62 bits per heavy atom. The lowest BCUT2D eigenvalue weighted by Crippen LogP contribution is -2.41. The van der Waals surface area contributed by atoms with Crippen LogP contribution >= 0.6 is 0 Å². The minimum absolute atomic E-state index is 0.0954. The molecule has 0 aliphatic heterocycles. The van der Waals surface area contributed by atoms with Crippen LogP contribution in [0.2, 0.25) is 0 Å². The fraction of sp³-hybridized carbons (Fsp3) is 0.625. The van der Waals surface area contributed by atoms with Gasteiger partial charge in [0.2, 0.25) is 17.5 Å². The van der Waals surface area contributed by atoms with E-state index in [1.807, 2.05) is 0 Å². The molecule has 1 aliphatic rings. The molecule has 0 aromatic carbocycles. The van der Waals surface area contributed by atoms with E-state index in [0.29, 0.717) is 23.9 Å². The summed E-state index contributed by atoms with van der Waals surface area (Å²) < 4.78 is 9.68. The number of ether oxygens (including phenoxy) is 1. The highest BCUT2D eigenvalue weighted by molar-refractivity contribution is 5.94. The third-order valence-corrected chi connectivity index (χ3v) is 3.92. The standard InChI is InChI=1S/C16H24N4O4/c1-4-23-14(22)10-11(2)17-15-16(19-24-18-15)20(12(3)21)13-8-6-5-7-9-13/h10,13H,4-9H2,1-3H3,(H,17,18). The van der Waals surface area contributed by atoms with Crippen molar-refractivity contribution in [2.45, 2.75) is 58.9 Å². The maximum atomic E-state index is 12.1. The summed E-state index contributed by atoms with van der Waals surface area (Å²) >= 11 is 0. The minimum atomic E-state index is -0.448. The van der Waals surface area contributed by atoms with Crippen molar-refractivity contribution < 1.29 is 19.0 Å². The Morgan fingerprint density at radius 2 is 2.00 bits per heavy atom. The van der Waals surface area contributed by atoms with Crippen molar-refractivity contribution in [2.75, 3.05) is 16.8 Å². The first-order valence-corrected chi connectivity index (χ1v) is 8.27. The molecule has 0 atom stereocenters. The van der Waals surface area contributed by atoms with Crippen molar-refractivity contribution >= 4 is 23.5 Å². The van der Waals surface area contributed by atoms with E-state index in [1.54, 1.807) is 18.7 Å². The van der Waals surface area contributed by atoms with Crippen molar-refractivity contribution in [3.05, 3.63) is 11.8 Å². The molecule has 132 valence electrons. The quantitative estimate of drug-likeness (QED) is 0.630. The molecule has 1 N–H and O–H groups in total. The number of nitrogens with zero attached hydrogens (tertiary/aromatic N) is 3. The van der Waals surface area contributed by atoms with Crippen LogP contribution in [0.1, 0.15) is 52.9 Å². The molecule has 0 saturated heterocycles. The summed E-state index contributed by atoms with van der Waals surface area (Å²) in [6.07, 6.45) is 6.55. The van der Waals surface area contributed by atoms with Gasteiger partial charge in [-0.2, -0.15) is 0 Å². The molecule has 1 amide bonds. The smallest absolute Gasteiger partial charge is 0.332 e. The summed E-state index contributed by atoms with van der Waals surface area (Å²) in [5.74, 6) is 0.115. The third-order valence-electron chi connectivity index (χ3n) is 3.92. The molecule has 1 aliphatic carbocycles. The summed E-state index contributed by atoms with van der Waals surface area (Å²) in [6.45, 7) is 5.25. The minimum Gasteiger partial charge on any atom is -0.463 e. The van der Waals surface area contributed by atoms with Gasteiger partial charge in [0.25, 0.3) is 0 Å². The first-order chi connectivity index (χ1) is 11.5. The zero-order valence-electron chi connectivity index (χ0n) is 14.4. The van der Waals surface area contributed by atoms with Gasteiger partial charge < -0.3 is 10.1 Å². The van der Waals surface area contributed by atoms with Crippen LogP contribution < -0.4 is 10.2 Å². The van der Waals surface area contributed by atoms with Gasteiger partial charge in [0.1, 0.15) is 0 Å². The van der Waals surface area contributed by atoms with Crippen molar-refractivity contribution in [2.24, 2.45) is 0 Å². The number of hydrogen-bond acceptors (Lipinski definition) is 7. The summed E-state index contributed by atoms with van der Waals surface area (Å²) in [7, 11) is 0. The predicted molar refractivity (Wildman–Crippen MR) is 88.3 cm³/mol. The molecule has 0 spiro atoms. The third kappa shape index (κ3) is 4.56. The van der Waals surface area contributed by atoms with Crippen LogP contribution in [0.4, 0.5) is 11.6 Å². The lowest BCUT2D eigenvalue weighted by Gasteiger charge is -2.31. The number of carbonyl (C=O) groups excluding carboxylic acids is 2.